The van der Waals surface area contributed by atoms with E-state index < -0.39 is 0 Å². The summed E-state index contributed by atoms with van der Waals surface area (Å²) in [5.74, 6) is 0.867. The normalized spacial score (nSPS) is 15.4. The van der Waals surface area contributed by atoms with Gasteiger partial charge in [-0.2, -0.15) is 5.26 Å². The van der Waals surface area contributed by atoms with Gasteiger partial charge in [-0.3, -0.25) is 0 Å². The van der Waals surface area contributed by atoms with Crippen LogP contribution >= 0.6 is 0 Å². The van der Waals surface area contributed by atoms with Crippen LogP contribution in [0.4, 0.5) is 0 Å². The molecule has 0 N–H and O–H groups in total. The monoisotopic (exact) mass is 196 g/mol. The van der Waals surface area contributed by atoms with Gasteiger partial charge < -0.3 is 4.57 Å². The molecule has 0 spiro atoms. The molecule has 15 heavy (non-hydrogen) atoms. The fourth-order valence-corrected chi connectivity index (χ4v) is 2.06. The molecule has 2 nitrogen and oxygen atoms in total. The predicted octanol–water partition coefficient (Wildman–Crippen LogP) is 2.92. The molecule has 1 saturated carbocycles. The second-order valence-corrected chi connectivity index (χ2v) is 4.26. The maximum Gasteiger partial charge on any atom is 0.0998 e. The van der Waals surface area contributed by atoms with E-state index in [-0.39, 0.29) is 0 Å². The molecule has 0 saturated heterocycles. The molecule has 74 valence electrons. The lowest BCUT2D eigenvalue weighted by Gasteiger charge is -2.03. The second kappa shape index (κ2) is 3.13. The molecule has 2 heteroatoms. The summed E-state index contributed by atoms with van der Waals surface area (Å²) in [6, 6.07) is 10.2. The van der Waals surface area contributed by atoms with Crippen molar-refractivity contribution < 1.29 is 0 Å². The first-order valence-corrected chi connectivity index (χ1v) is 5.36. The zero-order valence-corrected chi connectivity index (χ0v) is 8.48. The molecule has 0 atom stereocenters. The third-order valence-corrected chi connectivity index (χ3v) is 3.09. The largest absolute Gasteiger partial charge is 0.347 e. The van der Waals surface area contributed by atoms with E-state index >= 15 is 0 Å². The summed E-state index contributed by atoms with van der Waals surface area (Å²) in [7, 11) is 0. The van der Waals surface area contributed by atoms with Crippen LogP contribution in [-0.4, -0.2) is 4.57 Å². The summed E-state index contributed by atoms with van der Waals surface area (Å²) in [5.41, 5.74) is 1.97. The van der Waals surface area contributed by atoms with E-state index in [4.69, 9.17) is 5.26 Å². The molecular formula is C13H12N2. The molecule has 1 heterocycles. The van der Waals surface area contributed by atoms with Crippen LogP contribution in [0.3, 0.4) is 0 Å². The van der Waals surface area contributed by atoms with Gasteiger partial charge in [0.05, 0.1) is 11.6 Å². The van der Waals surface area contributed by atoms with Crippen molar-refractivity contribution in [3.63, 3.8) is 0 Å². The van der Waals surface area contributed by atoms with Crippen LogP contribution in [0.1, 0.15) is 18.4 Å². The smallest absolute Gasteiger partial charge is 0.0998 e. The molecular weight excluding hydrogens is 184 g/mol. The molecule has 3 rings (SSSR count). The van der Waals surface area contributed by atoms with Crippen molar-refractivity contribution in [1.82, 2.24) is 4.57 Å². The first-order valence-electron chi connectivity index (χ1n) is 5.36. The summed E-state index contributed by atoms with van der Waals surface area (Å²) in [4.78, 5) is 0. The van der Waals surface area contributed by atoms with Crippen molar-refractivity contribution in [3.05, 3.63) is 36.0 Å². The Hall–Kier alpha value is -1.75. The molecule has 2 aromatic rings. The second-order valence-electron chi connectivity index (χ2n) is 4.26. The fourth-order valence-electron chi connectivity index (χ4n) is 2.06. The Morgan fingerprint density at radius 1 is 1.33 bits per heavy atom. The maximum absolute atomic E-state index is 8.98. The first-order chi connectivity index (χ1) is 7.38. The minimum Gasteiger partial charge on any atom is -0.347 e. The van der Waals surface area contributed by atoms with Crippen LogP contribution in [0.15, 0.2) is 30.5 Å². The lowest BCUT2D eigenvalue weighted by Crippen LogP contribution is -1.97. The van der Waals surface area contributed by atoms with Crippen molar-refractivity contribution in [3.8, 4) is 6.07 Å². The number of hydrogen-bond acceptors (Lipinski definition) is 1. The Balaban J connectivity index is 2.13. The van der Waals surface area contributed by atoms with Crippen LogP contribution < -0.4 is 0 Å². The highest BCUT2D eigenvalue weighted by Gasteiger charge is 2.22. The number of nitrogens with zero attached hydrogens (tertiary/aromatic N) is 2. The van der Waals surface area contributed by atoms with Crippen LogP contribution in [0.2, 0.25) is 0 Å². The van der Waals surface area contributed by atoms with Gasteiger partial charge in [-0.05, 0) is 37.0 Å². The standard InChI is InChI=1S/C13H12N2/c14-8-11-2-1-3-13-12(11)6-7-15(13)9-10-4-5-10/h1-3,6-7,10H,4-5,9H2. The summed E-state index contributed by atoms with van der Waals surface area (Å²) < 4.78 is 2.27. The van der Waals surface area contributed by atoms with E-state index in [9.17, 15) is 0 Å². The van der Waals surface area contributed by atoms with E-state index in [0.717, 1.165) is 23.4 Å². The van der Waals surface area contributed by atoms with Crippen molar-refractivity contribution >= 4 is 10.9 Å². The van der Waals surface area contributed by atoms with Crippen LogP contribution in [-0.2, 0) is 6.54 Å². The quantitative estimate of drug-likeness (QED) is 0.726. The molecule has 1 aliphatic carbocycles. The van der Waals surface area contributed by atoms with Gasteiger partial charge in [-0.1, -0.05) is 6.07 Å². The summed E-state index contributed by atoms with van der Waals surface area (Å²) in [6.07, 6.45) is 4.82. The summed E-state index contributed by atoms with van der Waals surface area (Å²) in [5, 5.41) is 10.1. The van der Waals surface area contributed by atoms with Gasteiger partial charge in [0.1, 0.15) is 0 Å². The van der Waals surface area contributed by atoms with Gasteiger partial charge in [0.2, 0.25) is 0 Å². The summed E-state index contributed by atoms with van der Waals surface area (Å²) >= 11 is 0. The lowest BCUT2D eigenvalue weighted by molar-refractivity contribution is 0.647. The van der Waals surface area contributed by atoms with Gasteiger partial charge >= 0.3 is 0 Å². The van der Waals surface area contributed by atoms with Crippen molar-refractivity contribution in [1.29, 1.82) is 5.26 Å². The molecule has 0 aliphatic heterocycles. The van der Waals surface area contributed by atoms with Crippen LogP contribution in [0.25, 0.3) is 10.9 Å². The maximum atomic E-state index is 8.98. The van der Waals surface area contributed by atoms with E-state index in [0.29, 0.717) is 0 Å². The SMILES string of the molecule is N#Cc1cccc2c1ccn2CC1CC1. The number of fused-ring (bicyclic) bond motifs is 1. The van der Waals surface area contributed by atoms with Crippen molar-refractivity contribution in [2.75, 3.05) is 0 Å². The zero-order chi connectivity index (χ0) is 10.3. The predicted molar refractivity (Wildman–Crippen MR) is 59.4 cm³/mol. The third-order valence-electron chi connectivity index (χ3n) is 3.09. The highest BCUT2D eigenvalue weighted by Crippen LogP contribution is 2.32. The highest BCUT2D eigenvalue weighted by molar-refractivity contribution is 5.85. The number of hydrogen-bond donors (Lipinski definition) is 0. The van der Waals surface area contributed by atoms with E-state index in [1.807, 2.05) is 12.1 Å². The number of benzene rings is 1. The van der Waals surface area contributed by atoms with Crippen molar-refractivity contribution in [2.45, 2.75) is 19.4 Å². The Morgan fingerprint density at radius 2 is 2.20 bits per heavy atom. The Kier molecular flexibility index (Phi) is 1.78. The molecule has 0 bridgehead atoms. The van der Waals surface area contributed by atoms with Gasteiger partial charge in [0.25, 0.3) is 0 Å². The van der Waals surface area contributed by atoms with Gasteiger partial charge in [0, 0.05) is 23.6 Å². The average molecular weight is 196 g/mol. The Labute approximate surface area is 88.7 Å². The number of aromatic nitrogens is 1. The van der Waals surface area contributed by atoms with E-state index in [1.54, 1.807) is 0 Å². The fraction of sp³-hybridized carbons (Fsp3) is 0.308. The number of nitriles is 1. The molecule has 1 aromatic carbocycles. The van der Waals surface area contributed by atoms with Crippen LogP contribution in [0, 0.1) is 17.2 Å². The zero-order valence-electron chi connectivity index (χ0n) is 8.48. The summed E-state index contributed by atoms with van der Waals surface area (Å²) in [6.45, 7) is 1.11. The molecule has 0 radical (unpaired) electrons. The first kappa shape index (κ1) is 8.55. The Morgan fingerprint density at radius 3 is 2.93 bits per heavy atom. The molecule has 1 aromatic heterocycles. The molecule has 0 unspecified atom stereocenters. The van der Waals surface area contributed by atoms with Crippen molar-refractivity contribution in [2.24, 2.45) is 5.92 Å². The minimum absolute atomic E-state index is 0.780. The van der Waals surface area contributed by atoms with Gasteiger partial charge in [-0.25, -0.2) is 0 Å². The Bertz CT molecular complexity index is 541. The van der Waals surface area contributed by atoms with Gasteiger partial charge in [-0.15, -0.1) is 0 Å². The molecule has 1 aliphatic rings. The average Bonchev–Trinajstić information content (AvgIpc) is 2.99. The van der Waals surface area contributed by atoms with E-state index in [2.05, 4.69) is 29.0 Å². The van der Waals surface area contributed by atoms with E-state index in [1.165, 1.54) is 18.4 Å². The van der Waals surface area contributed by atoms with Gasteiger partial charge in [0.15, 0.2) is 0 Å². The lowest BCUT2D eigenvalue weighted by atomic mass is 10.1. The third kappa shape index (κ3) is 1.41. The topological polar surface area (TPSA) is 28.7 Å². The number of rotatable bonds is 2. The molecule has 0 amide bonds. The van der Waals surface area contributed by atoms with Crippen LogP contribution in [0.5, 0.6) is 0 Å². The molecule has 1 fully saturated rings. The highest BCUT2D eigenvalue weighted by atomic mass is 15.0. The minimum atomic E-state index is 0.780.